The third-order valence-corrected chi connectivity index (χ3v) is 4.95. The summed E-state index contributed by atoms with van der Waals surface area (Å²) in [7, 11) is 1.75. The van der Waals surface area contributed by atoms with Crippen molar-refractivity contribution in [2.45, 2.75) is 13.0 Å². The van der Waals surface area contributed by atoms with Crippen molar-refractivity contribution in [1.82, 2.24) is 25.3 Å². The summed E-state index contributed by atoms with van der Waals surface area (Å²) in [6.07, 6.45) is 2.48. The number of pyridine rings is 1. The largest absolute Gasteiger partial charge is 0.322 e. The quantitative estimate of drug-likeness (QED) is 0.703. The Bertz CT molecular complexity index is 951. The molecule has 122 valence electrons. The van der Waals surface area contributed by atoms with Crippen molar-refractivity contribution in [3.63, 3.8) is 0 Å². The molecule has 4 rings (SSSR count). The second-order valence-electron chi connectivity index (χ2n) is 5.68. The minimum Gasteiger partial charge on any atom is -0.322 e. The number of carbonyl (C=O) groups is 1. The first-order chi connectivity index (χ1) is 11.6. The van der Waals surface area contributed by atoms with Crippen molar-refractivity contribution in [3.05, 3.63) is 45.6 Å². The Morgan fingerprint density at radius 3 is 3.08 bits per heavy atom. The van der Waals surface area contributed by atoms with Crippen molar-refractivity contribution < 1.29 is 4.79 Å². The molecule has 24 heavy (non-hydrogen) atoms. The number of hydrogen-bond acceptors (Lipinski definition) is 5. The van der Waals surface area contributed by atoms with Gasteiger partial charge in [0.15, 0.2) is 5.65 Å². The second kappa shape index (κ2) is 5.95. The third kappa shape index (κ3) is 2.47. The number of carbonyl (C=O) groups excluding carboxylic acids is 1. The molecule has 0 spiro atoms. The van der Waals surface area contributed by atoms with Crippen molar-refractivity contribution in [2.75, 3.05) is 11.9 Å². The molecule has 1 aliphatic rings. The Hall–Kier alpha value is -2.32. The van der Waals surface area contributed by atoms with Gasteiger partial charge < -0.3 is 10.6 Å². The summed E-state index contributed by atoms with van der Waals surface area (Å²) in [5.74, 6) is -0.203. The van der Waals surface area contributed by atoms with Crippen LogP contribution in [0.2, 0.25) is 0 Å². The summed E-state index contributed by atoms with van der Waals surface area (Å²) in [4.78, 5) is 17.0. The maximum absolute atomic E-state index is 12.8. The van der Waals surface area contributed by atoms with Gasteiger partial charge in [0.2, 0.25) is 0 Å². The number of nitrogens with zero attached hydrogens (tertiary/aromatic N) is 4. The van der Waals surface area contributed by atoms with E-state index in [-0.39, 0.29) is 5.91 Å². The Labute approximate surface area is 146 Å². The molecule has 1 amide bonds. The zero-order chi connectivity index (χ0) is 16.7. The van der Waals surface area contributed by atoms with E-state index < -0.39 is 0 Å². The average Bonchev–Trinajstić information content (AvgIpc) is 2.99. The van der Waals surface area contributed by atoms with Gasteiger partial charge >= 0.3 is 0 Å². The van der Waals surface area contributed by atoms with Crippen LogP contribution in [-0.2, 0) is 20.0 Å². The molecule has 0 atom stereocenters. The summed E-state index contributed by atoms with van der Waals surface area (Å²) in [6, 6.07) is 5.56. The van der Waals surface area contributed by atoms with Crippen molar-refractivity contribution >= 4 is 38.7 Å². The molecule has 0 radical (unpaired) electrons. The number of hydrogen-bond donors (Lipinski definition) is 2. The summed E-state index contributed by atoms with van der Waals surface area (Å²) in [5.41, 5.74) is 4.77. The lowest BCUT2D eigenvalue weighted by atomic mass is 9.99. The third-order valence-electron chi connectivity index (χ3n) is 4.21. The molecule has 0 aliphatic carbocycles. The summed E-state index contributed by atoms with van der Waals surface area (Å²) >= 11 is 3.58. The average molecular weight is 387 g/mol. The molecule has 3 aromatic rings. The van der Waals surface area contributed by atoms with E-state index in [1.807, 2.05) is 12.1 Å². The van der Waals surface area contributed by atoms with E-state index in [1.165, 1.54) is 11.1 Å². The molecule has 3 heterocycles. The SMILES string of the molecule is Cn1nnc2c(C(=O)Nc3ccc(Br)c4c3CCNC4)ccnc21. The number of nitrogens with one attached hydrogen (secondary N) is 2. The molecular weight excluding hydrogens is 372 g/mol. The van der Waals surface area contributed by atoms with E-state index in [9.17, 15) is 4.79 Å². The van der Waals surface area contributed by atoms with Crippen LogP contribution >= 0.6 is 15.9 Å². The van der Waals surface area contributed by atoms with E-state index >= 15 is 0 Å². The normalized spacial score (nSPS) is 13.8. The fraction of sp³-hybridized carbons (Fsp3) is 0.250. The predicted molar refractivity (Wildman–Crippen MR) is 93.8 cm³/mol. The fourth-order valence-electron chi connectivity index (χ4n) is 2.99. The highest BCUT2D eigenvalue weighted by molar-refractivity contribution is 9.10. The van der Waals surface area contributed by atoms with Crippen LogP contribution in [0.15, 0.2) is 28.9 Å². The molecule has 0 saturated carbocycles. The van der Waals surface area contributed by atoms with Crippen LogP contribution in [0.3, 0.4) is 0 Å². The van der Waals surface area contributed by atoms with Gasteiger partial charge in [-0.25, -0.2) is 9.67 Å². The highest BCUT2D eigenvalue weighted by atomic mass is 79.9. The van der Waals surface area contributed by atoms with E-state index in [4.69, 9.17) is 0 Å². The maximum atomic E-state index is 12.8. The smallest absolute Gasteiger partial charge is 0.258 e. The minimum absolute atomic E-state index is 0.203. The molecule has 0 unspecified atom stereocenters. The summed E-state index contributed by atoms with van der Waals surface area (Å²) < 4.78 is 2.61. The molecule has 2 N–H and O–H groups in total. The number of benzene rings is 1. The standard InChI is InChI=1S/C16H15BrN6O/c1-23-15-14(21-22-23)10(5-7-19-15)16(24)20-13-3-2-12(17)11-8-18-6-4-9(11)13/h2-3,5,7,18H,4,6,8H2,1H3,(H,20,24). The molecule has 8 heteroatoms. The first-order valence-corrected chi connectivity index (χ1v) is 8.41. The zero-order valence-electron chi connectivity index (χ0n) is 13.0. The van der Waals surface area contributed by atoms with Gasteiger partial charge in [0.05, 0.1) is 5.56 Å². The number of anilines is 1. The van der Waals surface area contributed by atoms with Gasteiger partial charge in [0.1, 0.15) is 5.52 Å². The fourth-order valence-corrected chi connectivity index (χ4v) is 3.50. The molecule has 0 bridgehead atoms. The van der Waals surface area contributed by atoms with Gasteiger partial charge in [-0.05, 0) is 42.3 Å². The maximum Gasteiger partial charge on any atom is 0.258 e. The highest BCUT2D eigenvalue weighted by Gasteiger charge is 2.19. The minimum atomic E-state index is -0.203. The topological polar surface area (TPSA) is 84.7 Å². The Morgan fingerprint density at radius 1 is 1.33 bits per heavy atom. The first-order valence-electron chi connectivity index (χ1n) is 7.62. The molecule has 2 aromatic heterocycles. The Kier molecular flexibility index (Phi) is 3.78. The van der Waals surface area contributed by atoms with Crippen LogP contribution in [0.5, 0.6) is 0 Å². The molecular formula is C16H15BrN6O. The predicted octanol–water partition coefficient (Wildman–Crippen LogP) is 2.02. The Morgan fingerprint density at radius 2 is 2.21 bits per heavy atom. The lowest BCUT2D eigenvalue weighted by Gasteiger charge is -2.22. The van der Waals surface area contributed by atoms with Gasteiger partial charge in [-0.2, -0.15) is 0 Å². The summed E-state index contributed by atoms with van der Waals surface area (Å²) in [5, 5.41) is 14.4. The van der Waals surface area contributed by atoms with E-state index in [0.717, 1.165) is 29.7 Å². The van der Waals surface area contributed by atoms with Gasteiger partial charge in [-0.1, -0.05) is 21.1 Å². The monoisotopic (exact) mass is 386 g/mol. The van der Waals surface area contributed by atoms with Crippen LogP contribution in [-0.4, -0.2) is 32.4 Å². The van der Waals surface area contributed by atoms with Crippen LogP contribution in [0.1, 0.15) is 21.5 Å². The lowest BCUT2D eigenvalue weighted by Crippen LogP contribution is -2.26. The van der Waals surface area contributed by atoms with Crippen molar-refractivity contribution in [3.8, 4) is 0 Å². The van der Waals surface area contributed by atoms with Crippen LogP contribution in [0.25, 0.3) is 11.2 Å². The van der Waals surface area contributed by atoms with E-state index in [2.05, 4.69) is 41.9 Å². The summed E-state index contributed by atoms with van der Waals surface area (Å²) in [6.45, 7) is 1.69. The van der Waals surface area contributed by atoms with Crippen molar-refractivity contribution in [2.24, 2.45) is 7.05 Å². The number of aryl methyl sites for hydroxylation is 1. The molecule has 1 aromatic carbocycles. The number of fused-ring (bicyclic) bond motifs is 2. The first kappa shape index (κ1) is 15.2. The Balaban J connectivity index is 1.72. The van der Waals surface area contributed by atoms with Gasteiger partial charge in [0, 0.05) is 29.9 Å². The zero-order valence-corrected chi connectivity index (χ0v) is 14.6. The van der Waals surface area contributed by atoms with Crippen LogP contribution in [0, 0.1) is 0 Å². The molecule has 7 nitrogen and oxygen atoms in total. The number of rotatable bonds is 2. The molecule has 0 saturated heterocycles. The van der Waals surface area contributed by atoms with Gasteiger partial charge in [-0.3, -0.25) is 4.79 Å². The van der Waals surface area contributed by atoms with Crippen molar-refractivity contribution in [1.29, 1.82) is 0 Å². The number of amides is 1. The highest BCUT2D eigenvalue weighted by Crippen LogP contribution is 2.30. The second-order valence-corrected chi connectivity index (χ2v) is 6.53. The van der Waals surface area contributed by atoms with Gasteiger partial charge in [-0.15, -0.1) is 5.10 Å². The lowest BCUT2D eigenvalue weighted by molar-refractivity contribution is 0.102. The molecule has 0 fully saturated rings. The van der Waals surface area contributed by atoms with Gasteiger partial charge in [0.25, 0.3) is 5.91 Å². The van der Waals surface area contributed by atoms with Crippen LogP contribution < -0.4 is 10.6 Å². The van der Waals surface area contributed by atoms with E-state index in [0.29, 0.717) is 16.7 Å². The van der Waals surface area contributed by atoms with Crippen LogP contribution in [0.4, 0.5) is 5.69 Å². The number of halogens is 1. The number of aromatic nitrogens is 4. The molecule has 1 aliphatic heterocycles. The van der Waals surface area contributed by atoms with E-state index in [1.54, 1.807) is 24.0 Å².